The van der Waals surface area contributed by atoms with Gasteiger partial charge in [-0.2, -0.15) is 0 Å². The summed E-state index contributed by atoms with van der Waals surface area (Å²) < 4.78 is 15.7. The summed E-state index contributed by atoms with van der Waals surface area (Å²) in [6.45, 7) is 0. The summed E-state index contributed by atoms with van der Waals surface area (Å²) in [6, 6.07) is 4.75. The first-order chi connectivity index (χ1) is 5.25. The van der Waals surface area contributed by atoms with Crippen LogP contribution >= 0.6 is 0 Å². The maximum absolute atomic E-state index is 10.8. The third-order valence-corrected chi connectivity index (χ3v) is 2.42. The average Bonchev–Trinajstić information content (AvgIpc) is 2.27. The summed E-state index contributed by atoms with van der Waals surface area (Å²) in [4.78, 5) is 0. The minimum absolute atomic E-state index is 0.141. The second-order valence-corrected chi connectivity index (χ2v) is 3.39. The quantitative estimate of drug-likeness (QED) is 0.630. The summed E-state index contributed by atoms with van der Waals surface area (Å²) in [5.74, 6) is 1.10. The molecule has 1 atom stereocenters. The number of rotatable bonds is 0. The Labute approximate surface area is 66.3 Å². The standard InChI is InChI=1S/C7H6O3S/c8-6-2-1-5-4-11(9)10-7(5)3-6/h1-3,8H,4H2. The molecule has 1 aliphatic rings. The fourth-order valence-corrected chi connectivity index (χ4v) is 1.90. The summed E-state index contributed by atoms with van der Waals surface area (Å²) in [6.07, 6.45) is 0. The molecular formula is C7H6O3S. The van der Waals surface area contributed by atoms with Gasteiger partial charge in [0.1, 0.15) is 11.5 Å². The Balaban J connectivity index is 2.51. The topological polar surface area (TPSA) is 46.5 Å². The van der Waals surface area contributed by atoms with Crippen molar-refractivity contribution in [2.24, 2.45) is 0 Å². The minimum Gasteiger partial charge on any atom is -0.508 e. The molecule has 3 nitrogen and oxygen atoms in total. The van der Waals surface area contributed by atoms with Crippen LogP contribution in [0.15, 0.2) is 18.2 Å². The van der Waals surface area contributed by atoms with E-state index in [1.54, 1.807) is 12.1 Å². The van der Waals surface area contributed by atoms with Gasteiger partial charge in [0.25, 0.3) is 0 Å². The molecule has 0 bridgehead atoms. The van der Waals surface area contributed by atoms with E-state index in [4.69, 9.17) is 9.29 Å². The molecule has 1 unspecified atom stereocenters. The maximum atomic E-state index is 10.8. The lowest BCUT2D eigenvalue weighted by molar-refractivity contribution is 0.471. The van der Waals surface area contributed by atoms with Crippen molar-refractivity contribution < 1.29 is 13.5 Å². The fourth-order valence-electron chi connectivity index (χ4n) is 0.997. The highest BCUT2D eigenvalue weighted by molar-refractivity contribution is 7.80. The normalized spacial score (nSPS) is 20.9. The van der Waals surface area contributed by atoms with Crippen molar-refractivity contribution in [2.45, 2.75) is 5.75 Å². The van der Waals surface area contributed by atoms with Crippen LogP contribution in [-0.2, 0) is 16.8 Å². The third kappa shape index (κ3) is 1.09. The van der Waals surface area contributed by atoms with Crippen LogP contribution in [0, 0.1) is 0 Å². The summed E-state index contributed by atoms with van der Waals surface area (Å²) in [7, 11) is 0. The molecule has 2 rings (SSSR count). The first kappa shape index (κ1) is 6.67. The number of phenolic OH excluding ortho intramolecular Hbond substituents is 1. The summed E-state index contributed by atoms with van der Waals surface area (Å²) in [5, 5.41) is 9.00. The highest BCUT2D eigenvalue weighted by Crippen LogP contribution is 2.30. The number of benzene rings is 1. The molecule has 0 spiro atoms. The van der Waals surface area contributed by atoms with Crippen molar-refractivity contribution in [3.05, 3.63) is 23.8 Å². The molecule has 0 aromatic heterocycles. The molecule has 0 radical (unpaired) electrons. The van der Waals surface area contributed by atoms with Gasteiger partial charge < -0.3 is 9.29 Å². The molecular weight excluding hydrogens is 164 g/mol. The van der Waals surface area contributed by atoms with Crippen molar-refractivity contribution in [1.82, 2.24) is 0 Å². The first-order valence-corrected chi connectivity index (χ1v) is 4.39. The molecule has 11 heavy (non-hydrogen) atoms. The van der Waals surface area contributed by atoms with Gasteiger partial charge in [0, 0.05) is 11.6 Å². The largest absolute Gasteiger partial charge is 0.508 e. The van der Waals surface area contributed by atoms with E-state index in [0.29, 0.717) is 11.5 Å². The fraction of sp³-hybridized carbons (Fsp3) is 0.143. The maximum Gasteiger partial charge on any atom is 0.211 e. The van der Waals surface area contributed by atoms with Crippen LogP contribution in [0.2, 0.25) is 0 Å². The van der Waals surface area contributed by atoms with E-state index >= 15 is 0 Å². The highest BCUT2D eigenvalue weighted by atomic mass is 32.2. The number of phenols is 1. The van der Waals surface area contributed by atoms with Crippen LogP contribution < -0.4 is 4.18 Å². The predicted molar refractivity (Wildman–Crippen MR) is 40.6 cm³/mol. The Bertz CT molecular complexity index is 321. The third-order valence-electron chi connectivity index (χ3n) is 1.51. The molecule has 0 saturated heterocycles. The predicted octanol–water partition coefficient (Wildman–Crippen LogP) is 0.948. The smallest absolute Gasteiger partial charge is 0.211 e. The van der Waals surface area contributed by atoms with Gasteiger partial charge in [0.05, 0.1) is 5.75 Å². The zero-order valence-corrected chi connectivity index (χ0v) is 6.43. The van der Waals surface area contributed by atoms with E-state index in [0.717, 1.165) is 5.56 Å². The Kier molecular flexibility index (Phi) is 1.35. The molecule has 0 amide bonds. The lowest BCUT2D eigenvalue weighted by Gasteiger charge is -1.95. The Morgan fingerprint density at radius 1 is 1.55 bits per heavy atom. The van der Waals surface area contributed by atoms with Gasteiger partial charge in [-0.1, -0.05) is 6.07 Å². The van der Waals surface area contributed by atoms with E-state index in [2.05, 4.69) is 0 Å². The van der Waals surface area contributed by atoms with Crippen LogP contribution in [0.25, 0.3) is 0 Å². The summed E-state index contributed by atoms with van der Waals surface area (Å²) >= 11 is -1.24. The van der Waals surface area contributed by atoms with Crippen LogP contribution in [0.3, 0.4) is 0 Å². The molecule has 0 aliphatic carbocycles. The van der Waals surface area contributed by atoms with Gasteiger partial charge in [-0.25, -0.2) is 4.21 Å². The molecule has 0 fully saturated rings. The minimum atomic E-state index is -1.24. The van der Waals surface area contributed by atoms with Crippen LogP contribution in [-0.4, -0.2) is 9.32 Å². The lowest BCUT2D eigenvalue weighted by Crippen LogP contribution is -1.90. The van der Waals surface area contributed by atoms with Crippen molar-refractivity contribution in [3.63, 3.8) is 0 Å². The van der Waals surface area contributed by atoms with E-state index in [1.807, 2.05) is 0 Å². The van der Waals surface area contributed by atoms with E-state index in [1.165, 1.54) is 6.07 Å². The Morgan fingerprint density at radius 3 is 3.18 bits per heavy atom. The van der Waals surface area contributed by atoms with E-state index in [9.17, 15) is 4.21 Å². The van der Waals surface area contributed by atoms with E-state index < -0.39 is 11.1 Å². The molecule has 4 heteroatoms. The molecule has 1 N–H and O–H groups in total. The van der Waals surface area contributed by atoms with Gasteiger partial charge in [-0.05, 0) is 6.07 Å². The van der Waals surface area contributed by atoms with Crippen LogP contribution in [0.5, 0.6) is 11.5 Å². The number of hydrogen-bond donors (Lipinski definition) is 1. The van der Waals surface area contributed by atoms with Gasteiger partial charge in [-0.15, -0.1) is 0 Å². The first-order valence-electron chi connectivity index (χ1n) is 3.14. The molecule has 1 aliphatic heterocycles. The number of fused-ring (bicyclic) bond motifs is 1. The van der Waals surface area contributed by atoms with Gasteiger partial charge in [0.15, 0.2) is 0 Å². The molecule has 1 aromatic rings. The van der Waals surface area contributed by atoms with Gasteiger partial charge >= 0.3 is 0 Å². The van der Waals surface area contributed by atoms with Crippen molar-refractivity contribution in [2.75, 3.05) is 0 Å². The zero-order chi connectivity index (χ0) is 7.84. The second-order valence-electron chi connectivity index (χ2n) is 2.32. The van der Waals surface area contributed by atoms with Crippen molar-refractivity contribution in [3.8, 4) is 11.5 Å². The van der Waals surface area contributed by atoms with Gasteiger partial charge in [0.2, 0.25) is 11.1 Å². The highest BCUT2D eigenvalue weighted by Gasteiger charge is 2.18. The van der Waals surface area contributed by atoms with Crippen LogP contribution in [0.4, 0.5) is 0 Å². The van der Waals surface area contributed by atoms with E-state index in [-0.39, 0.29) is 5.75 Å². The second kappa shape index (κ2) is 2.23. The molecule has 1 heterocycles. The molecule has 0 saturated carbocycles. The lowest BCUT2D eigenvalue weighted by atomic mass is 10.2. The van der Waals surface area contributed by atoms with Crippen LogP contribution in [0.1, 0.15) is 5.56 Å². The molecule has 58 valence electrons. The van der Waals surface area contributed by atoms with Crippen molar-refractivity contribution in [1.29, 1.82) is 0 Å². The number of aromatic hydroxyl groups is 1. The SMILES string of the molecule is O=S1Cc2ccc(O)cc2O1. The van der Waals surface area contributed by atoms with Gasteiger partial charge in [-0.3, -0.25) is 0 Å². The van der Waals surface area contributed by atoms with Crippen molar-refractivity contribution >= 4 is 11.1 Å². The zero-order valence-electron chi connectivity index (χ0n) is 5.61. The Hall–Kier alpha value is -1.03. The average molecular weight is 170 g/mol. The Morgan fingerprint density at radius 2 is 2.36 bits per heavy atom. The monoisotopic (exact) mass is 170 g/mol. The molecule has 1 aromatic carbocycles. The summed E-state index contributed by atoms with van der Waals surface area (Å²) in [5.41, 5.74) is 0.890. The number of hydrogen-bond acceptors (Lipinski definition) is 3.